The summed E-state index contributed by atoms with van der Waals surface area (Å²) in [5.41, 5.74) is 2.43. The van der Waals surface area contributed by atoms with E-state index in [4.69, 9.17) is 18.6 Å². The molecular weight excluding hydrogens is 408 g/mol. The summed E-state index contributed by atoms with van der Waals surface area (Å²) in [6, 6.07) is 17.0. The van der Waals surface area contributed by atoms with Crippen LogP contribution in [0.25, 0.3) is 11.0 Å². The Bertz CT molecular complexity index is 1310. The van der Waals surface area contributed by atoms with Gasteiger partial charge in [-0.3, -0.25) is 4.79 Å². The summed E-state index contributed by atoms with van der Waals surface area (Å²) in [5, 5.41) is 0.327. The molecule has 6 heteroatoms. The topological polar surface area (TPSA) is 75.0 Å². The number of benzene rings is 3. The van der Waals surface area contributed by atoms with Crippen LogP contribution in [0.4, 0.5) is 0 Å². The molecule has 162 valence electrons. The number of fused-ring (bicyclic) bond motifs is 1. The van der Waals surface area contributed by atoms with E-state index in [-0.39, 0.29) is 16.9 Å². The molecule has 0 aliphatic carbocycles. The molecule has 32 heavy (non-hydrogen) atoms. The summed E-state index contributed by atoms with van der Waals surface area (Å²) in [7, 11) is 0. The Morgan fingerprint density at radius 2 is 1.56 bits per heavy atom. The monoisotopic (exact) mass is 430 g/mol. The summed E-state index contributed by atoms with van der Waals surface area (Å²) >= 11 is 0. The molecule has 0 saturated heterocycles. The highest BCUT2D eigenvalue weighted by molar-refractivity contribution is 5.91. The Morgan fingerprint density at radius 1 is 0.875 bits per heavy atom. The number of ether oxygens (including phenoxy) is 3. The summed E-state index contributed by atoms with van der Waals surface area (Å²) < 4.78 is 22.2. The van der Waals surface area contributed by atoms with Crippen molar-refractivity contribution in [2.45, 2.75) is 20.8 Å². The minimum Gasteiger partial charge on any atom is -0.494 e. The smallest absolute Gasteiger partial charge is 0.343 e. The van der Waals surface area contributed by atoms with Crippen LogP contribution in [-0.2, 0) is 0 Å². The highest BCUT2D eigenvalue weighted by Gasteiger charge is 2.13. The fourth-order valence-electron chi connectivity index (χ4n) is 3.36. The van der Waals surface area contributed by atoms with Gasteiger partial charge in [0.15, 0.2) is 0 Å². The van der Waals surface area contributed by atoms with Crippen LogP contribution in [0.1, 0.15) is 28.4 Å². The van der Waals surface area contributed by atoms with Crippen molar-refractivity contribution >= 4 is 16.9 Å². The zero-order valence-electron chi connectivity index (χ0n) is 18.0. The van der Waals surface area contributed by atoms with Crippen LogP contribution in [0.2, 0.25) is 0 Å². The number of carbonyl (C=O) groups excluding carboxylic acids is 1. The second-order valence-corrected chi connectivity index (χ2v) is 7.36. The van der Waals surface area contributed by atoms with Crippen molar-refractivity contribution in [2.75, 3.05) is 6.61 Å². The molecule has 0 N–H and O–H groups in total. The SMILES string of the molecule is CCOc1ccc(C(=O)Oc2ccc3c(=O)c(Oc4cc(C)cc(C)c4)coc3c2)cc1. The van der Waals surface area contributed by atoms with Gasteiger partial charge in [-0.2, -0.15) is 0 Å². The maximum atomic E-state index is 12.8. The second kappa shape index (κ2) is 8.98. The minimum atomic E-state index is -0.524. The molecule has 1 aromatic heterocycles. The molecule has 0 aliphatic heterocycles. The lowest BCUT2D eigenvalue weighted by atomic mass is 10.1. The van der Waals surface area contributed by atoms with Gasteiger partial charge in [0, 0.05) is 6.07 Å². The average molecular weight is 430 g/mol. The van der Waals surface area contributed by atoms with Gasteiger partial charge in [-0.15, -0.1) is 0 Å². The third kappa shape index (κ3) is 4.64. The van der Waals surface area contributed by atoms with Crippen molar-refractivity contribution in [1.29, 1.82) is 0 Å². The lowest BCUT2D eigenvalue weighted by molar-refractivity contribution is 0.0735. The van der Waals surface area contributed by atoms with Gasteiger partial charge < -0.3 is 18.6 Å². The van der Waals surface area contributed by atoms with Crippen LogP contribution in [0.3, 0.4) is 0 Å². The maximum absolute atomic E-state index is 12.8. The number of hydrogen-bond acceptors (Lipinski definition) is 6. The van der Waals surface area contributed by atoms with Crippen molar-refractivity contribution in [3.63, 3.8) is 0 Å². The third-order valence-electron chi connectivity index (χ3n) is 4.75. The summed E-state index contributed by atoms with van der Waals surface area (Å²) in [6.45, 7) is 6.35. The third-order valence-corrected chi connectivity index (χ3v) is 4.75. The van der Waals surface area contributed by atoms with E-state index >= 15 is 0 Å². The van der Waals surface area contributed by atoms with E-state index in [2.05, 4.69) is 0 Å². The minimum absolute atomic E-state index is 0.0848. The first kappa shape index (κ1) is 21.2. The van der Waals surface area contributed by atoms with E-state index in [0.29, 0.717) is 34.6 Å². The Balaban J connectivity index is 1.55. The van der Waals surface area contributed by atoms with E-state index in [9.17, 15) is 9.59 Å². The van der Waals surface area contributed by atoms with E-state index in [0.717, 1.165) is 11.1 Å². The first-order chi connectivity index (χ1) is 15.4. The number of esters is 1. The molecule has 0 unspecified atom stereocenters. The van der Waals surface area contributed by atoms with Crippen LogP contribution in [-0.4, -0.2) is 12.6 Å². The van der Waals surface area contributed by atoms with Gasteiger partial charge in [-0.05, 0) is 80.4 Å². The molecule has 0 spiro atoms. The van der Waals surface area contributed by atoms with Crippen molar-refractivity contribution in [3.8, 4) is 23.0 Å². The van der Waals surface area contributed by atoms with Gasteiger partial charge >= 0.3 is 5.97 Å². The predicted octanol–water partition coefficient (Wildman–Crippen LogP) is 5.82. The van der Waals surface area contributed by atoms with Crippen molar-refractivity contribution in [1.82, 2.24) is 0 Å². The molecule has 0 aliphatic rings. The molecule has 0 bridgehead atoms. The number of aryl methyl sites for hydroxylation is 2. The highest BCUT2D eigenvalue weighted by Crippen LogP contribution is 2.26. The Labute approximate surface area is 185 Å². The Kier molecular flexibility index (Phi) is 5.94. The molecule has 0 amide bonds. The van der Waals surface area contributed by atoms with Crippen LogP contribution in [0.15, 0.2) is 76.1 Å². The number of rotatable bonds is 6. The lowest BCUT2D eigenvalue weighted by Crippen LogP contribution is -2.09. The molecule has 0 fully saturated rings. The van der Waals surface area contributed by atoms with Gasteiger partial charge in [-0.1, -0.05) is 6.07 Å². The van der Waals surface area contributed by atoms with Gasteiger partial charge in [0.05, 0.1) is 17.6 Å². The summed E-state index contributed by atoms with van der Waals surface area (Å²) in [5.74, 6) is 1.07. The normalized spacial score (nSPS) is 10.7. The van der Waals surface area contributed by atoms with E-state index in [1.165, 1.54) is 12.3 Å². The van der Waals surface area contributed by atoms with E-state index in [1.54, 1.807) is 36.4 Å². The summed E-state index contributed by atoms with van der Waals surface area (Å²) in [4.78, 5) is 25.3. The molecule has 1 heterocycles. The first-order valence-corrected chi connectivity index (χ1v) is 10.2. The molecule has 4 aromatic rings. The van der Waals surface area contributed by atoms with Crippen LogP contribution >= 0.6 is 0 Å². The zero-order valence-corrected chi connectivity index (χ0v) is 18.0. The van der Waals surface area contributed by atoms with E-state index in [1.807, 2.05) is 39.0 Å². The largest absolute Gasteiger partial charge is 0.494 e. The predicted molar refractivity (Wildman–Crippen MR) is 121 cm³/mol. The lowest BCUT2D eigenvalue weighted by Gasteiger charge is -2.09. The quantitative estimate of drug-likeness (QED) is 0.283. The molecule has 3 aromatic carbocycles. The second-order valence-electron chi connectivity index (χ2n) is 7.36. The van der Waals surface area contributed by atoms with Crippen LogP contribution < -0.4 is 19.6 Å². The molecule has 6 nitrogen and oxygen atoms in total. The van der Waals surface area contributed by atoms with Crippen molar-refractivity contribution in [2.24, 2.45) is 0 Å². The Hall–Kier alpha value is -4.06. The molecular formula is C26H22O6. The Morgan fingerprint density at radius 3 is 2.25 bits per heavy atom. The number of hydrogen-bond donors (Lipinski definition) is 0. The first-order valence-electron chi connectivity index (χ1n) is 10.2. The van der Waals surface area contributed by atoms with E-state index < -0.39 is 5.97 Å². The molecule has 0 atom stereocenters. The number of carbonyl (C=O) groups is 1. The van der Waals surface area contributed by atoms with Gasteiger partial charge in [0.2, 0.25) is 11.2 Å². The average Bonchev–Trinajstić information content (AvgIpc) is 2.76. The van der Waals surface area contributed by atoms with Gasteiger partial charge in [0.25, 0.3) is 0 Å². The summed E-state index contributed by atoms with van der Waals surface area (Å²) in [6.07, 6.45) is 1.26. The van der Waals surface area contributed by atoms with Crippen molar-refractivity contribution < 1.29 is 23.4 Å². The van der Waals surface area contributed by atoms with Gasteiger partial charge in [-0.25, -0.2) is 4.79 Å². The fourth-order valence-corrected chi connectivity index (χ4v) is 3.36. The van der Waals surface area contributed by atoms with Crippen molar-refractivity contribution in [3.05, 3.63) is 93.8 Å². The fraction of sp³-hybridized carbons (Fsp3) is 0.154. The molecule has 0 radical (unpaired) electrons. The molecule has 4 rings (SSSR count). The zero-order chi connectivity index (χ0) is 22.7. The van der Waals surface area contributed by atoms with Gasteiger partial charge in [0.1, 0.15) is 29.1 Å². The van der Waals surface area contributed by atoms with Crippen LogP contribution in [0.5, 0.6) is 23.0 Å². The standard InChI is InChI=1S/C26H22O6/c1-4-29-19-7-5-18(6-8-19)26(28)32-20-9-10-22-23(14-20)30-15-24(25(22)27)31-21-12-16(2)11-17(3)13-21/h5-15H,4H2,1-3H3. The van der Waals surface area contributed by atoms with Crippen LogP contribution in [0, 0.1) is 13.8 Å². The highest BCUT2D eigenvalue weighted by atomic mass is 16.5. The maximum Gasteiger partial charge on any atom is 0.343 e. The molecule has 0 saturated carbocycles.